The Morgan fingerprint density at radius 1 is 1.14 bits per heavy atom. The van der Waals surface area contributed by atoms with Crippen LogP contribution in [0.5, 0.6) is 0 Å². The standard InChI is InChI=1S/C20H15FN4O3/c21-14-8-6-13(7-9-14)12-24-19(18-17(20(24)26)5-2-10-22-18)23-15-3-1-4-16(11-15)25(27)28/h1-11,19,23H,12H2. The van der Waals surface area contributed by atoms with Crippen LogP contribution in [0.1, 0.15) is 27.8 Å². The summed E-state index contributed by atoms with van der Waals surface area (Å²) in [5.74, 6) is -0.567. The highest BCUT2D eigenvalue weighted by Gasteiger charge is 2.38. The second kappa shape index (κ2) is 7.07. The van der Waals surface area contributed by atoms with E-state index in [0.29, 0.717) is 16.9 Å². The smallest absolute Gasteiger partial charge is 0.271 e. The van der Waals surface area contributed by atoms with Crippen LogP contribution in [-0.4, -0.2) is 20.7 Å². The van der Waals surface area contributed by atoms with E-state index in [-0.39, 0.29) is 24.0 Å². The van der Waals surface area contributed by atoms with E-state index in [1.54, 1.807) is 47.5 Å². The predicted molar refractivity (Wildman–Crippen MR) is 100.0 cm³/mol. The molecule has 1 unspecified atom stereocenters. The summed E-state index contributed by atoms with van der Waals surface area (Å²) < 4.78 is 13.2. The normalized spacial score (nSPS) is 15.4. The zero-order valence-electron chi connectivity index (χ0n) is 14.6. The second-order valence-corrected chi connectivity index (χ2v) is 6.35. The van der Waals surface area contributed by atoms with Gasteiger partial charge in [0.15, 0.2) is 0 Å². The number of nitro groups is 1. The van der Waals surface area contributed by atoms with E-state index >= 15 is 0 Å². The Kier molecular flexibility index (Phi) is 4.44. The van der Waals surface area contributed by atoms with E-state index in [2.05, 4.69) is 10.3 Å². The van der Waals surface area contributed by atoms with Crippen LogP contribution in [0.2, 0.25) is 0 Å². The first-order chi connectivity index (χ1) is 13.5. The van der Waals surface area contributed by atoms with Crippen LogP contribution in [0.15, 0.2) is 66.9 Å². The quantitative estimate of drug-likeness (QED) is 0.537. The maximum absolute atomic E-state index is 13.2. The SMILES string of the molecule is O=C1c2cccnc2C(Nc2cccc([N+](=O)[O-])c2)N1Cc1ccc(F)cc1. The average Bonchev–Trinajstić information content (AvgIpc) is 2.96. The molecule has 1 N–H and O–H groups in total. The fraction of sp³-hybridized carbons (Fsp3) is 0.100. The molecular formula is C20H15FN4O3. The number of nitrogens with zero attached hydrogens (tertiary/aromatic N) is 3. The molecule has 1 atom stereocenters. The van der Waals surface area contributed by atoms with Crippen LogP contribution < -0.4 is 5.32 Å². The highest BCUT2D eigenvalue weighted by Crippen LogP contribution is 2.34. The first-order valence-electron chi connectivity index (χ1n) is 8.54. The Balaban J connectivity index is 1.68. The van der Waals surface area contributed by atoms with Gasteiger partial charge in [-0.1, -0.05) is 18.2 Å². The third-order valence-electron chi connectivity index (χ3n) is 4.53. The number of fused-ring (bicyclic) bond motifs is 1. The summed E-state index contributed by atoms with van der Waals surface area (Å²) >= 11 is 0. The number of amides is 1. The molecule has 140 valence electrons. The maximum atomic E-state index is 13.2. The van der Waals surface area contributed by atoms with Crippen molar-refractivity contribution in [1.82, 2.24) is 9.88 Å². The minimum Gasteiger partial charge on any atom is -0.360 e. The van der Waals surface area contributed by atoms with Gasteiger partial charge in [0.25, 0.3) is 11.6 Å². The Morgan fingerprint density at radius 3 is 2.68 bits per heavy atom. The van der Waals surface area contributed by atoms with Crippen LogP contribution in [0, 0.1) is 15.9 Å². The van der Waals surface area contributed by atoms with E-state index < -0.39 is 11.1 Å². The summed E-state index contributed by atoms with van der Waals surface area (Å²) in [4.78, 5) is 29.4. The first-order valence-corrected chi connectivity index (χ1v) is 8.54. The van der Waals surface area contributed by atoms with E-state index in [1.807, 2.05) is 0 Å². The monoisotopic (exact) mass is 378 g/mol. The van der Waals surface area contributed by atoms with Crippen LogP contribution in [0.4, 0.5) is 15.8 Å². The van der Waals surface area contributed by atoms with Crippen molar-refractivity contribution in [3.63, 3.8) is 0 Å². The molecule has 1 amide bonds. The molecule has 0 radical (unpaired) electrons. The van der Waals surface area contributed by atoms with Crippen LogP contribution in [-0.2, 0) is 6.54 Å². The fourth-order valence-corrected chi connectivity index (χ4v) is 3.20. The summed E-state index contributed by atoms with van der Waals surface area (Å²) in [7, 11) is 0. The van der Waals surface area contributed by atoms with Crippen molar-refractivity contribution in [2.75, 3.05) is 5.32 Å². The number of pyridine rings is 1. The number of carbonyl (C=O) groups excluding carboxylic acids is 1. The lowest BCUT2D eigenvalue weighted by Crippen LogP contribution is -2.32. The van der Waals surface area contributed by atoms with Crippen molar-refractivity contribution >= 4 is 17.3 Å². The Bertz CT molecular complexity index is 1060. The van der Waals surface area contributed by atoms with E-state index in [1.165, 1.54) is 24.3 Å². The number of benzene rings is 2. The van der Waals surface area contributed by atoms with Gasteiger partial charge in [-0.2, -0.15) is 0 Å². The number of hydrogen-bond acceptors (Lipinski definition) is 5. The van der Waals surface area contributed by atoms with Crippen LogP contribution >= 0.6 is 0 Å². The molecule has 0 saturated carbocycles. The molecule has 2 heterocycles. The summed E-state index contributed by atoms with van der Waals surface area (Å²) in [6, 6.07) is 15.3. The lowest BCUT2D eigenvalue weighted by Gasteiger charge is -2.26. The Labute approximate surface area is 159 Å². The number of carbonyl (C=O) groups is 1. The van der Waals surface area contributed by atoms with Crippen molar-refractivity contribution in [2.24, 2.45) is 0 Å². The van der Waals surface area contributed by atoms with Gasteiger partial charge in [0, 0.05) is 30.6 Å². The number of nitrogens with one attached hydrogen (secondary N) is 1. The van der Waals surface area contributed by atoms with Crippen molar-refractivity contribution in [1.29, 1.82) is 0 Å². The number of non-ortho nitro benzene ring substituents is 1. The number of anilines is 1. The third kappa shape index (κ3) is 3.27. The van der Waals surface area contributed by atoms with Crippen molar-refractivity contribution in [3.8, 4) is 0 Å². The van der Waals surface area contributed by atoms with E-state index in [9.17, 15) is 19.3 Å². The van der Waals surface area contributed by atoms with Gasteiger partial charge >= 0.3 is 0 Å². The third-order valence-corrected chi connectivity index (χ3v) is 4.53. The summed E-state index contributed by atoms with van der Waals surface area (Å²) in [5.41, 5.74) is 2.21. The molecule has 8 heteroatoms. The maximum Gasteiger partial charge on any atom is 0.271 e. The molecule has 7 nitrogen and oxygen atoms in total. The van der Waals surface area contributed by atoms with Crippen molar-refractivity contribution in [3.05, 3.63) is 99.6 Å². The number of halogens is 1. The van der Waals surface area contributed by atoms with Gasteiger partial charge in [0.05, 0.1) is 16.2 Å². The van der Waals surface area contributed by atoms with Gasteiger partial charge in [-0.05, 0) is 35.9 Å². The molecule has 2 aromatic carbocycles. The van der Waals surface area contributed by atoms with Gasteiger partial charge in [-0.15, -0.1) is 0 Å². The van der Waals surface area contributed by atoms with E-state index in [4.69, 9.17) is 0 Å². The molecule has 1 aliphatic heterocycles. The molecular weight excluding hydrogens is 363 g/mol. The summed E-state index contributed by atoms with van der Waals surface area (Å²) in [5, 5.41) is 14.2. The molecule has 0 bridgehead atoms. The van der Waals surface area contributed by atoms with Gasteiger partial charge < -0.3 is 10.2 Å². The van der Waals surface area contributed by atoms with Gasteiger partial charge in [-0.25, -0.2) is 4.39 Å². The second-order valence-electron chi connectivity index (χ2n) is 6.35. The molecule has 1 aliphatic rings. The van der Waals surface area contributed by atoms with Gasteiger partial charge in [0.1, 0.15) is 12.0 Å². The molecule has 0 saturated heterocycles. The Hall–Kier alpha value is -3.81. The van der Waals surface area contributed by atoms with Gasteiger partial charge in [-0.3, -0.25) is 19.9 Å². The summed E-state index contributed by atoms with van der Waals surface area (Å²) in [6.45, 7) is 0.238. The number of aromatic nitrogens is 1. The van der Waals surface area contributed by atoms with E-state index in [0.717, 1.165) is 5.56 Å². The molecule has 1 aromatic heterocycles. The zero-order chi connectivity index (χ0) is 19.7. The number of rotatable bonds is 5. The van der Waals surface area contributed by atoms with Gasteiger partial charge in [0.2, 0.25) is 0 Å². The minimum absolute atomic E-state index is 0.0550. The lowest BCUT2D eigenvalue weighted by molar-refractivity contribution is -0.384. The number of hydrogen-bond donors (Lipinski definition) is 1. The molecule has 0 spiro atoms. The highest BCUT2D eigenvalue weighted by molar-refractivity contribution is 5.98. The highest BCUT2D eigenvalue weighted by atomic mass is 19.1. The van der Waals surface area contributed by atoms with Crippen molar-refractivity contribution < 1.29 is 14.1 Å². The Morgan fingerprint density at radius 2 is 1.93 bits per heavy atom. The van der Waals surface area contributed by atoms with Crippen LogP contribution in [0.3, 0.4) is 0 Å². The average molecular weight is 378 g/mol. The largest absolute Gasteiger partial charge is 0.360 e. The predicted octanol–water partition coefficient (Wildman–Crippen LogP) is 3.90. The zero-order valence-corrected chi connectivity index (χ0v) is 14.6. The molecule has 28 heavy (non-hydrogen) atoms. The molecule has 4 rings (SSSR count). The first kappa shape index (κ1) is 17.6. The lowest BCUT2D eigenvalue weighted by atomic mass is 10.2. The fourth-order valence-electron chi connectivity index (χ4n) is 3.20. The number of nitro benzene ring substituents is 1. The van der Waals surface area contributed by atoms with Crippen LogP contribution in [0.25, 0.3) is 0 Å². The molecule has 3 aromatic rings. The molecule has 0 aliphatic carbocycles. The van der Waals surface area contributed by atoms with Crippen molar-refractivity contribution in [2.45, 2.75) is 12.7 Å². The topological polar surface area (TPSA) is 88.4 Å². The summed E-state index contributed by atoms with van der Waals surface area (Å²) in [6.07, 6.45) is 0.992. The molecule has 0 fully saturated rings. The minimum atomic E-state index is -0.601.